The molecular weight excluding hydrogens is 375 g/mol. The third-order valence-electron chi connectivity index (χ3n) is 3.05. The Bertz CT molecular complexity index is 682. The van der Waals surface area contributed by atoms with Crippen LogP contribution < -0.4 is 5.32 Å². The van der Waals surface area contributed by atoms with Crippen LogP contribution in [0.3, 0.4) is 0 Å². The highest BCUT2D eigenvalue weighted by Gasteiger charge is 2.30. The fourth-order valence-electron chi connectivity index (χ4n) is 1.83. The van der Waals surface area contributed by atoms with Gasteiger partial charge in [-0.3, -0.25) is 14.5 Å². The normalized spacial score (nSPS) is 17.0. The molecule has 1 aliphatic heterocycles. The molecule has 1 heterocycles. The van der Waals surface area contributed by atoms with Gasteiger partial charge in [0.05, 0.1) is 4.91 Å². The third-order valence-corrected chi connectivity index (χ3v) is 4.78. The summed E-state index contributed by atoms with van der Waals surface area (Å²) in [5, 5.41) is 2.61. The fraction of sp³-hybridized carbons (Fsp3) is 0.267. The summed E-state index contributed by atoms with van der Waals surface area (Å²) in [5.74, 6) is -0.586. The zero-order valence-corrected chi connectivity index (χ0v) is 15.6. The summed E-state index contributed by atoms with van der Waals surface area (Å²) in [4.78, 5) is 26.0. The number of amides is 2. The van der Waals surface area contributed by atoms with Crippen molar-refractivity contribution in [2.24, 2.45) is 0 Å². The molecule has 1 aliphatic rings. The molecule has 0 aromatic heterocycles. The van der Waals surface area contributed by atoms with Crippen molar-refractivity contribution in [3.05, 3.63) is 34.7 Å². The van der Waals surface area contributed by atoms with Gasteiger partial charge in [-0.2, -0.15) is 0 Å². The van der Waals surface area contributed by atoms with Crippen LogP contribution in [0, 0.1) is 0 Å². The third kappa shape index (κ3) is 4.47. The van der Waals surface area contributed by atoms with Crippen molar-refractivity contribution in [2.45, 2.75) is 18.2 Å². The SMILES string of the molecule is CCN1C(=O)/C(=C/c2ccc(NC(=O)C(C)(Cl)Cl)cc2)SC1=S. The second kappa shape index (κ2) is 7.21. The molecule has 1 saturated heterocycles. The molecular formula is C15H14Cl2N2O2S2. The van der Waals surface area contributed by atoms with Crippen LogP contribution in [0.1, 0.15) is 19.4 Å². The highest BCUT2D eigenvalue weighted by atomic mass is 35.5. The molecule has 0 saturated carbocycles. The van der Waals surface area contributed by atoms with Gasteiger partial charge in [0, 0.05) is 12.2 Å². The van der Waals surface area contributed by atoms with Gasteiger partial charge in [0.1, 0.15) is 4.32 Å². The standard InChI is InChI=1S/C15H14Cl2N2O2S2/c1-3-19-12(20)11(23-14(19)22)8-9-4-6-10(7-5-9)18-13(21)15(2,16)17/h4-8H,3H2,1-2H3,(H,18,21)/b11-8-. The van der Waals surface area contributed by atoms with E-state index in [-0.39, 0.29) is 5.91 Å². The number of hydrogen-bond acceptors (Lipinski definition) is 4. The maximum absolute atomic E-state index is 12.1. The van der Waals surface area contributed by atoms with Crippen molar-refractivity contribution in [1.29, 1.82) is 0 Å². The number of carbonyl (C=O) groups is 2. The van der Waals surface area contributed by atoms with Crippen molar-refractivity contribution in [3.63, 3.8) is 0 Å². The number of alkyl halides is 2. The Morgan fingerprint density at radius 3 is 2.48 bits per heavy atom. The van der Waals surface area contributed by atoms with Gasteiger partial charge in [0.15, 0.2) is 4.33 Å². The molecule has 1 aromatic rings. The van der Waals surface area contributed by atoms with Gasteiger partial charge < -0.3 is 5.32 Å². The first-order valence-electron chi connectivity index (χ1n) is 6.77. The number of benzene rings is 1. The van der Waals surface area contributed by atoms with E-state index >= 15 is 0 Å². The lowest BCUT2D eigenvalue weighted by molar-refractivity contribution is -0.122. The predicted molar refractivity (Wildman–Crippen MR) is 101 cm³/mol. The average molecular weight is 389 g/mol. The van der Waals surface area contributed by atoms with Gasteiger partial charge in [-0.25, -0.2) is 0 Å². The van der Waals surface area contributed by atoms with E-state index in [9.17, 15) is 9.59 Å². The average Bonchev–Trinajstić information content (AvgIpc) is 2.74. The van der Waals surface area contributed by atoms with E-state index in [1.165, 1.54) is 18.7 Å². The molecule has 0 radical (unpaired) electrons. The van der Waals surface area contributed by atoms with Gasteiger partial charge >= 0.3 is 0 Å². The maximum atomic E-state index is 12.1. The van der Waals surface area contributed by atoms with Crippen LogP contribution in [0.2, 0.25) is 0 Å². The Hall–Kier alpha value is -1.08. The van der Waals surface area contributed by atoms with Crippen LogP contribution >= 0.6 is 47.2 Å². The summed E-state index contributed by atoms with van der Waals surface area (Å²) in [6, 6.07) is 7.00. The summed E-state index contributed by atoms with van der Waals surface area (Å²) in [7, 11) is 0. The Morgan fingerprint density at radius 2 is 2.00 bits per heavy atom. The van der Waals surface area contributed by atoms with Crippen molar-refractivity contribution in [2.75, 3.05) is 11.9 Å². The number of anilines is 1. The fourth-order valence-corrected chi connectivity index (χ4v) is 3.31. The highest BCUT2D eigenvalue weighted by Crippen LogP contribution is 2.32. The topological polar surface area (TPSA) is 49.4 Å². The largest absolute Gasteiger partial charge is 0.323 e. The minimum absolute atomic E-state index is 0.0834. The summed E-state index contributed by atoms with van der Waals surface area (Å²) in [6.45, 7) is 3.84. The number of halogens is 2. The monoisotopic (exact) mass is 388 g/mol. The van der Waals surface area contributed by atoms with Gasteiger partial charge in [-0.1, -0.05) is 59.3 Å². The number of hydrogen-bond donors (Lipinski definition) is 1. The van der Waals surface area contributed by atoms with E-state index in [1.54, 1.807) is 35.2 Å². The lowest BCUT2D eigenvalue weighted by atomic mass is 10.2. The lowest BCUT2D eigenvalue weighted by Gasteiger charge is -2.13. The summed E-state index contributed by atoms with van der Waals surface area (Å²) < 4.78 is -0.927. The molecule has 8 heteroatoms. The van der Waals surface area contributed by atoms with E-state index in [0.29, 0.717) is 21.5 Å². The summed E-state index contributed by atoms with van der Waals surface area (Å²) >= 11 is 17.9. The van der Waals surface area contributed by atoms with E-state index in [0.717, 1.165) is 5.56 Å². The molecule has 23 heavy (non-hydrogen) atoms. The minimum Gasteiger partial charge on any atom is -0.323 e. The van der Waals surface area contributed by atoms with Gasteiger partial charge in [0.2, 0.25) is 0 Å². The minimum atomic E-state index is -1.49. The number of carbonyl (C=O) groups excluding carboxylic acids is 2. The zero-order chi connectivity index (χ0) is 17.2. The Kier molecular flexibility index (Phi) is 5.73. The predicted octanol–water partition coefficient (Wildman–Crippen LogP) is 4.04. The first-order valence-corrected chi connectivity index (χ1v) is 8.75. The number of nitrogens with zero attached hydrogens (tertiary/aromatic N) is 1. The van der Waals surface area contributed by atoms with E-state index in [4.69, 9.17) is 35.4 Å². The molecule has 0 aliphatic carbocycles. The van der Waals surface area contributed by atoms with E-state index in [2.05, 4.69) is 5.32 Å². The number of thioether (sulfide) groups is 1. The van der Waals surface area contributed by atoms with Crippen LogP contribution in [-0.2, 0) is 9.59 Å². The molecule has 1 N–H and O–H groups in total. The number of likely N-dealkylation sites (N-methyl/N-ethyl adjacent to an activating group) is 1. The molecule has 1 fully saturated rings. The van der Waals surface area contributed by atoms with E-state index in [1.807, 2.05) is 6.92 Å². The Labute approximate surface area is 154 Å². The molecule has 0 spiro atoms. The van der Waals surface area contributed by atoms with Crippen LogP contribution in [0.4, 0.5) is 5.69 Å². The molecule has 0 bridgehead atoms. The Balaban J connectivity index is 2.12. The van der Waals surface area contributed by atoms with Crippen molar-refractivity contribution >= 4 is 75.1 Å². The smallest absolute Gasteiger partial charge is 0.266 e. The van der Waals surface area contributed by atoms with Crippen LogP contribution in [0.15, 0.2) is 29.2 Å². The maximum Gasteiger partial charge on any atom is 0.266 e. The second-order valence-corrected chi connectivity index (χ2v) is 8.27. The molecule has 0 unspecified atom stereocenters. The van der Waals surface area contributed by atoms with Gasteiger partial charge in [-0.15, -0.1) is 0 Å². The van der Waals surface area contributed by atoms with Crippen LogP contribution in [0.5, 0.6) is 0 Å². The summed E-state index contributed by atoms with van der Waals surface area (Å²) in [5.41, 5.74) is 1.40. The van der Waals surface area contributed by atoms with Crippen LogP contribution in [-0.4, -0.2) is 31.9 Å². The quantitative estimate of drug-likeness (QED) is 0.480. The molecule has 2 rings (SSSR count). The second-order valence-electron chi connectivity index (χ2n) is 4.89. The Morgan fingerprint density at radius 1 is 1.39 bits per heavy atom. The molecule has 0 atom stereocenters. The lowest BCUT2D eigenvalue weighted by Crippen LogP contribution is -2.29. The van der Waals surface area contributed by atoms with Gasteiger partial charge in [0.25, 0.3) is 11.8 Å². The highest BCUT2D eigenvalue weighted by molar-refractivity contribution is 8.26. The number of rotatable bonds is 4. The zero-order valence-electron chi connectivity index (χ0n) is 12.4. The number of nitrogens with one attached hydrogen (secondary N) is 1. The molecule has 4 nitrogen and oxygen atoms in total. The van der Waals surface area contributed by atoms with E-state index < -0.39 is 10.2 Å². The molecule has 2 amide bonds. The molecule has 1 aromatic carbocycles. The van der Waals surface area contributed by atoms with Crippen molar-refractivity contribution < 1.29 is 9.59 Å². The first kappa shape index (κ1) is 18.3. The van der Waals surface area contributed by atoms with Crippen molar-refractivity contribution in [1.82, 2.24) is 4.90 Å². The number of thiocarbonyl (C=S) groups is 1. The summed E-state index contributed by atoms with van der Waals surface area (Å²) in [6.07, 6.45) is 1.77. The van der Waals surface area contributed by atoms with Gasteiger partial charge in [-0.05, 0) is 37.6 Å². The molecule has 122 valence electrons. The van der Waals surface area contributed by atoms with Crippen molar-refractivity contribution in [3.8, 4) is 0 Å². The van der Waals surface area contributed by atoms with Crippen LogP contribution in [0.25, 0.3) is 6.08 Å². The first-order chi connectivity index (χ1) is 10.7.